The van der Waals surface area contributed by atoms with Gasteiger partial charge in [-0.2, -0.15) is 0 Å². The van der Waals surface area contributed by atoms with Crippen molar-refractivity contribution in [2.24, 2.45) is 0 Å². The van der Waals surface area contributed by atoms with Gasteiger partial charge < -0.3 is 14.6 Å². The van der Waals surface area contributed by atoms with Crippen molar-refractivity contribution >= 4 is 17.7 Å². The number of nitrogens with zero attached hydrogens (tertiary/aromatic N) is 4. The van der Waals surface area contributed by atoms with Crippen LogP contribution in [0, 0.1) is 5.82 Å². The normalized spacial score (nSPS) is 13.9. The number of anilines is 1. The van der Waals surface area contributed by atoms with E-state index >= 15 is 0 Å². The van der Waals surface area contributed by atoms with Crippen molar-refractivity contribution in [1.29, 1.82) is 0 Å². The van der Waals surface area contributed by atoms with Gasteiger partial charge in [0, 0.05) is 24.5 Å². The minimum Gasteiger partial charge on any atom is -0.447 e. The first kappa shape index (κ1) is 21.5. The highest BCUT2D eigenvalue weighted by atomic mass is 19.1. The average molecular weight is 437 g/mol. The maximum Gasteiger partial charge on any atom is 0.414 e. The van der Waals surface area contributed by atoms with Crippen LogP contribution in [-0.4, -0.2) is 39.7 Å². The molecule has 3 aromatic rings. The van der Waals surface area contributed by atoms with E-state index in [2.05, 4.69) is 10.3 Å². The number of ether oxygens (including phenoxy) is 1. The van der Waals surface area contributed by atoms with Gasteiger partial charge in [0.25, 0.3) is 5.91 Å². The summed E-state index contributed by atoms with van der Waals surface area (Å²) in [6.45, 7) is 3.18. The van der Waals surface area contributed by atoms with Gasteiger partial charge in [-0.05, 0) is 56.2 Å². The summed E-state index contributed by atoms with van der Waals surface area (Å²) in [6.07, 6.45) is 6.27. The Balaban J connectivity index is 1.40. The van der Waals surface area contributed by atoms with E-state index in [1.165, 1.54) is 24.3 Å². The van der Waals surface area contributed by atoms with E-state index in [4.69, 9.17) is 9.72 Å². The lowest BCUT2D eigenvalue weighted by molar-refractivity contribution is 0.0939. The molecule has 0 aliphatic carbocycles. The predicted octanol–water partition coefficient (Wildman–Crippen LogP) is 3.50. The molecule has 0 radical (unpaired) electrons. The molecule has 1 aromatic carbocycles. The molecule has 2 amide bonds. The molecule has 1 aliphatic heterocycles. The van der Waals surface area contributed by atoms with Crippen LogP contribution in [0.1, 0.15) is 41.1 Å². The van der Waals surface area contributed by atoms with E-state index < -0.39 is 11.9 Å². The van der Waals surface area contributed by atoms with Crippen molar-refractivity contribution in [2.75, 3.05) is 18.1 Å². The molecule has 2 aromatic heterocycles. The molecule has 1 N–H and O–H groups in total. The van der Waals surface area contributed by atoms with Gasteiger partial charge in [0.2, 0.25) is 0 Å². The zero-order chi connectivity index (χ0) is 22.5. The first-order valence-corrected chi connectivity index (χ1v) is 10.5. The number of benzene rings is 1. The van der Waals surface area contributed by atoms with Gasteiger partial charge in [-0.3, -0.25) is 14.7 Å². The van der Waals surface area contributed by atoms with E-state index in [0.29, 0.717) is 24.3 Å². The van der Waals surface area contributed by atoms with Crippen LogP contribution in [0.3, 0.4) is 0 Å². The molecule has 4 rings (SSSR count). The fraction of sp³-hybridized carbons (Fsp3) is 0.304. The Kier molecular flexibility index (Phi) is 6.44. The van der Waals surface area contributed by atoms with Crippen LogP contribution in [0.2, 0.25) is 0 Å². The van der Waals surface area contributed by atoms with Gasteiger partial charge in [-0.25, -0.2) is 14.2 Å². The lowest BCUT2D eigenvalue weighted by Crippen LogP contribution is -2.37. The standard InChI is InChI=1S/C23H24FN5O3/c1-16(26-22(30)17-4-6-18(24)7-5-17)19-8-9-21-20(27-19)3-2-11-29(21)23(31)32-14-13-28-12-10-25-15-28/h4-10,12,15-16H,2-3,11,13-14H2,1H3,(H,26,30). The smallest absolute Gasteiger partial charge is 0.414 e. The second-order valence-corrected chi connectivity index (χ2v) is 7.57. The highest BCUT2D eigenvalue weighted by Crippen LogP contribution is 2.28. The number of hydrogen-bond acceptors (Lipinski definition) is 5. The summed E-state index contributed by atoms with van der Waals surface area (Å²) in [4.78, 5) is 35.3. The summed E-state index contributed by atoms with van der Waals surface area (Å²) in [5.74, 6) is -0.698. The summed E-state index contributed by atoms with van der Waals surface area (Å²) in [6, 6.07) is 8.66. The molecule has 1 aliphatic rings. The third-order valence-electron chi connectivity index (χ3n) is 5.31. The van der Waals surface area contributed by atoms with Crippen LogP contribution in [0.25, 0.3) is 0 Å². The number of amides is 2. The minimum absolute atomic E-state index is 0.249. The van der Waals surface area contributed by atoms with Gasteiger partial charge in [-0.1, -0.05) is 0 Å². The molecule has 0 saturated heterocycles. The number of pyridine rings is 1. The Labute approximate surface area is 185 Å². The maximum absolute atomic E-state index is 13.1. The highest BCUT2D eigenvalue weighted by Gasteiger charge is 2.26. The molecule has 8 nitrogen and oxygen atoms in total. The molecule has 0 fully saturated rings. The molecule has 1 unspecified atom stereocenters. The molecule has 3 heterocycles. The number of aromatic nitrogens is 3. The Morgan fingerprint density at radius 1 is 1.22 bits per heavy atom. The summed E-state index contributed by atoms with van der Waals surface area (Å²) < 4.78 is 20.3. The molecular formula is C23H24FN5O3. The van der Waals surface area contributed by atoms with Crippen molar-refractivity contribution in [2.45, 2.75) is 32.4 Å². The number of rotatable bonds is 6. The van der Waals surface area contributed by atoms with E-state index in [9.17, 15) is 14.0 Å². The monoisotopic (exact) mass is 437 g/mol. The fourth-order valence-corrected chi connectivity index (χ4v) is 3.59. The zero-order valence-corrected chi connectivity index (χ0v) is 17.7. The van der Waals surface area contributed by atoms with E-state index in [-0.39, 0.29) is 18.6 Å². The van der Waals surface area contributed by atoms with Crippen LogP contribution < -0.4 is 10.2 Å². The van der Waals surface area contributed by atoms with E-state index in [0.717, 1.165) is 24.2 Å². The maximum atomic E-state index is 13.1. The van der Waals surface area contributed by atoms with Gasteiger partial charge in [0.1, 0.15) is 12.4 Å². The topological polar surface area (TPSA) is 89.4 Å². The number of nitrogens with one attached hydrogen (secondary N) is 1. The first-order chi connectivity index (χ1) is 15.5. The summed E-state index contributed by atoms with van der Waals surface area (Å²) in [7, 11) is 0. The molecule has 0 saturated carbocycles. The van der Waals surface area contributed by atoms with Crippen molar-refractivity contribution in [1.82, 2.24) is 19.9 Å². The second-order valence-electron chi connectivity index (χ2n) is 7.57. The number of hydrogen-bond donors (Lipinski definition) is 1. The predicted molar refractivity (Wildman–Crippen MR) is 116 cm³/mol. The highest BCUT2D eigenvalue weighted by molar-refractivity contribution is 5.94. The molecule has 0 spiro atoms. The lowest BCUT2D eigenvalue weighted by atomic mass is 10.1. The quantitative estimate of drug-likeness (QED) is 0.638. The molecule has 9 heteroatoms. The Morgan fingerprint density at radius 2 is 2.03 bits per heavy atom. The van der Waals surface area contributed by atoms with Crippen LogP contribution in [0.5, 0.6) is 0 Å². The van der Waals surface area contributed by atoms with Crippen LogP contribution >= 0.6 is 0 Å². The average Bonchev–Trinajstić information content (AvgIpc) is 3.32. The van der Waals surface area contributed by atoms with Gasteiger partial charge in [0.05, 0.1) is 36.0 Å². The van der Waals surface area contributed by atoms with Crippen LogP contribution in [0.15, 0.2) is 55.1 Å². The molecular weight excluding hydrogens is 413 g/mol. The SMILES string of the molecule is CC(NC(=O)c1ccc(F)cc1)c1ccc2c(n1)CCCN2C(=O)OCCn1ccnc1. The number of fused-ring (bicyclic) bond motifs is 1. The zero-order valence-electron chi connectivity index (χ0n) is 17.7. The molecule has 0 bridgehead atoms. The third-order valence-corrected chi connectivity index (χ3v) is 5.31. The number of imidazole rings is 1. The van der Waals surface area contributed by atoms with E-state index in [1.807, 2.05) is 23.8 Å². The van der Waals surface area contributed by atoms with E-state index in [1.54, 1.807) is 23.5 Å². The van der Waals surface area contributed by atoms with Crippen molar-refractivity contribution < 1.29 is 18.7 Å². The Hall–Kier alpha value is -3.75. The van der Waals surface area contributed by atoms with Gasteiger partial charge in [-0.15, -0.1) is 0 Å². The lowest BCUT2D eigenvalue weighted by Gasteiger charge is -2.29. The van der Waals surface area contributed by atoms with Gasteiger partial charge in [0.15, 0.2) is 0 Å². The molecule has 32 heavy (non-hydrogen) atoms. The summed E-state index contributed by atoms with van der Waals surface area (Å²) in [5, 5.41) is 2.88. The van der Waals surface area contributed by atoms with Crippen molar-refractivity contribution in [3.05, 3.63) is 77.9 Å². The van der Waals surface area contributed by atoms with Crippen molar-refractivity contribution in [3.63, 3.8) is 0 Å². The number of aryl methyl sites for hydroxylation is 1. The summed E-state index contributed by atoms with van der Waals surface area (Å²) in [5.41, 5.74) is 2.59. The largest absolute Gasteiger partial charge is 0.447 e. The van der Waals surface area contributed by atoms with Gasteiger partial charge >= 0.3 is 6.09 Å². The third kappa shape index (κ3) is 4.93. The van der Waals surface area contributed by atoms with Crippen LogP contribution in [-0.2, 0) is 17.7 Å². The number of carbonyl (C=O) groups excluding carboxylic acids is 2. The minimum atomic E-state index is -0.404. The Morgan fingerprint density at radius 3 is 2.78 bits per heavy atom. The number of halogens is 1. The Bertz CT molecular complexity index is 1090. The van der Waals surface area contributed by atoms with Crippen molar-refractivity contribution in [3.8, 4) is 0 Å². The first-order valence-electron chi connectivity index (χ1n) is 10.5. The fourth-order valence-electron chi connectivity index (χ4n) is 3.59. The molecule has 166 valence electrons. The van der Waals surface area contributed by atoms with Crippen LogP contribution in [0.4, 0.5) is 14.9 Å². The number of carbonyl (C=O) groups is 2. The summed E-state index contributed by atoms with van der Waals surface area (Å²) >= 11 is 0. The molecule has 1 atom stereocenters. The second kappa shape index (κ2) is 9.59.